The van der Waals surface area contributed by atoms with Crippen molar-refractivity contribution in [2.45, 2.75) is 26.3 Å². The number of ether oxygens (including phenoxy) is 1. The molecule has 1 aliphatic heterocycles. The van der Waals surface area contributed by atoms with E-state index in [0.717, 1.165) is 36.6 Å². The molecule has 19 heavy (non-hydrogen) atoms. The second kappa shape index (κ2) is 4.70. The van der Waals surface area contributed by atoms with Gasteiger partial charge in [0, 0.05) is 19.2 Å². The van der Waals surface area contributed by atoms with Gasteiger partial charge in [0.15, 0.2) is 0 Å². The van der Waals surface area contributed by atoms with Crippen LogP contribution >= 0.6 is 0 Å². The molecule has 2 heterocycles. The largest absolute Gasteiger partial charge is 0.493 e. The smallest absolute Gasteiger partial charge is 0.122 e. The predicted molar refractivity (Wildman–Crippen MR) is 75.1 cm³/mol. The minimum atomic E-state index is 0.500. The van der Waals surface area contributed by atoms with Crippen LogP contribution in [0.5, 0.6) is 5.75 Å². The third kappa shape index (κ3) is 2.02. The molecule has 0 saturated carbocycles. The Kier molecular flexibility index (Phi) is 3.03. The van der Waals surface area contributed by atoms with E-state index in [2.05, 4.69) is 23.3 Å². The van der Waals surface area contributed by atoms with Crippen molar-refractivity contribution in [1.29, 1.82) is 0 Å². The van der Waals surface area contributed by atoms with E-state index in [9.17, 15) is 0 Å². The molecule has 0 saturated heterocycles. The maximum Gasteiger partial charge on any atom is 0.122 e. The predicted octanol–water partition coefficient (Wildman–Crippen LogP) is 2.18. The quantitative estimate of drug-likeness (QED) is 0.897. The first-order chi connectivity index (χ1) is 9.20. The van der Waals surface area contributed by atoms with Crippen molar-refractivity contribution in [3.05, 3.63) is 35.2 Å². The molecule has 0 bridgehead atoms. The molecule has 100 valence electrons. The molecule has 0 atom stereocenters. The van der Waals surface area contributed by atoms with Crippen LogP contribution in [0, 0.1) is 6.92 Å². The van der Waals surface area contributed by atoms with Crippen molar-refractivity contribution in [2.24, 2.45) is 12.8 Å². The molecule has 0 unspecified atom stereocenters. The van der Waals surface area contributed by atoms with Gasteiger partial charge < -0.3 is 10.5 Å². The molecule has 4 nitrogen and oxygen atoms in total. The van der Waals surface area contributed by atoms with Crippen LogP contribution in [-0.4, -0.2) is 16.4 Å². The molecule has 4 heteroatoms. The summed E-state index contributed by atoms with van der Waals surface area (Å²) in [7, 11) is 1.94. The van der Waals surface area contributed by atoms with Gasteiger partial charge in [-0.2, -0.15) is 5.10 Å². The summed E-state index contributed by atoms with van der Waals surface area (Å²) in [6.45, 7) is 3.36. The Morgan fingerprint density at radius 2 is 2.26 bits per heavy atom. The number of aromatic nitrogens is 2. The van der Waals surface area contributed by atoms with Crippen molar-refractivity contribution in [1.82, 2.24) is 9.78 Å². The Morgan fingerprint density at radius 3 is 3.05 bits per heavy atom. The molecular formula is C15H19N3O. The van der Waals surface area contributed by atoms with Gasteiger partial charge in [-0.3, -0.25) is 4.68 Å². The van der Waals surface area contributed by atoms with Crippen LogP contribution in [0.4, 0.5) is 0 Å². The highest BCUT2D eigenvalue weighted by atomic mass is 16.5. The zero-order valence-electron chi connectivity index (χ0n) is 11.4. The van der Waals surface area contributed by atoms with Crippen LogP contribution in [0.3, 0.4) is 0 Å². The van der Waals surface area contributed by atoms with Gasteiger partial charge in [0.2, 0.25) is 0 Å². The van der Waals surface area contributed by atoms with Crippen LogP contribution in [0.25, 0.3) is 11.1 Å². The molecular weight excluding hydrogens is 238 g/mol. The summed E-state index contributed by atoms with van der Waals surface area (Å²) in [5.41, 5.74) is 11.6. The molecule has 0 aliphatic carbocycles. The number of benzene rings is 1. The maximum atomic E-state index is 5.85. The second-order valence-electron chi connectivity index (χ2n) is 5.01. The normalized spacial score (nSPS) is 14.1. The van der Waals surface area contributed by atoms with E-state index in [4.69, 9.17) is 10.5 Å². The van der Waals surface area contributed by atoms with Crippen molar-refractivity contribution in [2.75, 3.05) is 6.61 Å². The lowest BCUT2D eigenvalue weighted by atomic mass is 9.97. The van der Waals surface area contributed by atoms with Gasteiger partial charge >= 0.3 is 0 Å². The van der Waals surface area contributed by atoms with Gasteiger partial charge in [0.05, 0.1) is 18.0 Å². The average Bonchev–Trinajstić information content (AvgIpc) is 2.72. The second-order valence-corrected chi connectivity index (χ2v) is 5.01. The zero-order chi connectivity index (χ0) is 13.4. The van der Waals surface area contributed by atoms with Crippen molar-refractivity contribution in [3.63, 3.8) is 0 Å². The number of rotatable bonds is 2. The zero-order valence-corrected chi connectivity index (χ0v) is 11.4. The topological polar surface area (TPSA) is 53.1 Å². The highest BCUT2D eigenvalue weighted by molar-refractivity contribution is 5.70. The number of hydrogen-bond acceptors (Lipinski definition) is 3. The molecule has 1 aromatic carbocycles. The first kappa shape index (κ1) is 12.2. The first-order valence-electron chi connectivity index (χ1n) is 6.69. The summed E-state index contributed by atoms with van der Waals surface area (Å²) in [4.78, 5) is 0. The number of nitrogens with zero attached hydrogens (tertiary/aromatic N) is 2. The summed E-state index contributed by atoms with van der Waals surface area (Å²) in [5.74, 6) is 1.02. The monoisotopic (exact) mass is 257 g/mol. The van der Waals surface area contributed by atoms with Gasteiger partial charge in [0.1, 0.15) is 5.75 Å². The van der Waals surface area contributed by atoms with Gasteiger partial charge in [-0.05, 0) is 43.0 Å². The Balaban J connectivity index is 2.12. The molecule has 2 aromatic rings. The lowest BCUT2D eigenvalue weighted by molar-refractivity contribution is 0.288. The summed E-state index contributed by atoms with van der Waals surface area (Å²) in [6, 6.07) is 6.39. The lowest BCUT2D eigenvalue weighted by Crippen LogP contribution is -2.08. The summed E-state index contributed by atoms with van der Waals surface area (Å²) < 4.78 is 7.54. The van der Waals surface area contributed by atoms with Crippen molar-refractivity contribution < 1.29 is 4.74 Å². The summed E-state index contributed by atoms with van der Waals surface area (Å²) >= 11 is 0. The van der Waals surface area contributed by atoms with Gasteiger partial charge in [-0.15, -0.1) is 0 Å². The van der Waals surface area contributed by atoms with Crippen LogP contribution in [0.15, 0.2) is 18.2 Å². The average molecular weight is 257 g/mol. The molecule has 0 spiro atoms. The van der Waals surface area contributed by atoms with Crippen molar-refractivity contribution >= 4 is 0 Å². The van der Waals surface area contributed by atoms with Gasteiger partial charge in [0.25, 0.3) is 0 Å². The Labute approximate surface area is 113 Å². The molecule has 0 radical (unpaired) electrons. The fraction of sp³-hybridized carbons (Fsp3) is 0.400. The van der Waals surface area contributed by atoms with Crippen LogP contribution < -0.4 is 10.5 Å². The molecule has 0 amide bonds. The maximum absolute atomic E-state index is 5.85. The summed E-state index contributed by atoms with van der Waals surface area (Å²) in [6.07, 6.45) is 2.17. The Hall–Kier alpha value is -1.81. The minimum Gasteiger partial charge on any atom is -0.493 e. The molecule has 3 rings (SSSR count). The van der Waals surface area contributed by atoms with E-state index < -0.39 is 0 Å². The number of hydrogen-bond donors (Lipinski definition) is 1. The van der Waals surface area contributed by atoms with Crippen LogP contribution in [-0.2, 0) is 20.0 Å². The SMILES string of the molecule is Cc1nn(C)c(CN)c1-c1ccc2c(c1)CCCO2. The van der Waals surface area contributed by atoms with Crippen LogP contribution in [0.2, 0.25) is 0 Å². The van der Waals surface area contributed by atoms with Crippen LogP contribution in [0.1, 0.15) is 23.4 Å². The fourth-order valence-electron chi connectivity index (χ4n) is 2.83. The van der Waals surface area contributed by atoms with Crippen molar-refractivity contribution in [3.8, 4) is 16.9 Å². The Bertz CT molecular complexity index is 616. The van der Waals surface area contributed by atoms with E-state index in [-0.39, 0.29) is 0 Å². The fourth-order valence-corrected chi connectivity index (χ4v) is 2.83. The highest BCUT2D eigenvalue weighted by Gasteiger charge is 2.17. The van der Waals surface area contributed by atoms with E-state index in [0.29, 0.717) is 6.54 Å². The van der Waals surface area contributed by atoms with E-state index >= 15 is 0 Å². The van der Waals surface area contributed by atoms with Gasteiger partial charge in [-0.1, -0.05) is 6.07 Å². The van der Waals surface area contributed by atoms with E-state index in [1.54, 1.807) is 0 Å². The Morgan fingerprint density at radius 1 is 1.42 bits per heavy atom. The molecule has 1 aliphatic rings. The number of fused-ring (bicyclic) bond motifs is 1. The first-order valence-corrected chi connectivity index (χ1v) is 6.69. The minimum absolute atomic E-state index is 0.500. The number of nitrogens with two attached hydrogens (primary N) is 1. The lowest BCUT2D eigenvalue weighted by Gasteiger charge is -2.18. The van der Waals surface area contributed by atoms with E-state index in [1.807, 2.05) is 18.7 Å². The van der Waals surface area contributed by atoms with Gasteiger partial charge in [-0.25, -0.2) is 0 Å². The summed E-state index contributed by atoms with van der Waals surface area (Å²) in [5, 5.41) is 4.48. The third-order valence-corrected chi connectivity index (χ3v) is 3.73. The standard InChI is InChI=1S/C15H19N3O/c1-10-15(13(9-16)18(2)17-10)12-5-6-14-11(8-12)4-3-7-19-14/h5-6,8H,3-4,7,9,16H2,1-2H3. The molecule has 2 N–H and O–H groups in total. The molecule has 1 aromatic heterocycles. The van der Waals surface area contributed by atoms with E-state index in [1.165, 1.54) is 16.7 Å². The third-order valence-electron chi connectivity index (χ3n) is 3.73. The number of aryl methyl sites for hydroxylation is 3. The molecule has 0 fully saturated rings. The highest BCUT2D eigenvalue weighted by Crippen LogP contribution is 2.33.